The molecule has 2 rings (SSSR count). The van der Waals surface area contributed by atoms with E-state index in [1.54, 1.807) is 18.2 Å². The first kappa shape index (κ1) is 14.3. The smallest absolute Gasteiger partial charge is 0.305 e. The molecule has 1 aromatic carbocycles. The Bertz CT molecular complexity index is 607. The molecule has 0 radical (unpaired) electrons. The van der Waals surface area contributed by atoms with Crippen LogP contribution in [0.3, 0.4) is 0 Å². The van der Waals surface area contributed by atoms with Crippen molar-refractivity contribution in [3.05, 3.63) is 52.2 Å². The van der Waals surface area contributed by atoms with Crippen LogP contribution in [0.4, 0.5) is 5.69 Å². The summed E-state index contributed by atoms with van der Waals surface area (Å²) in [5, 5.41) is 8.83. The van der Waals surface area contributed by atoms with E-state index in [1.165, 1.54) is 16.2 Å². The van der Waals surface area contributed by atoms with Crippen LogP contribution in [-0.4, -0.2) is 23.5 Å². The Morgan fingerprint density at radius 1 is 1.15 bits per heavy atom. The lowest BCUT2D eigenvalue weighted by atomic mass is 10.2. The lowest BCUT2D eigenvalue weighted by Gasteiger charge is -2.21. The Hall–Kier alpha value is -2.14. The molecule has 0 spiro atoms. The van der Waals surface area contributed by atoms with Crippen LogP contribution >= 0.6 is 11.3 Å². The number of carboxylic acid groups (broad SMARTS) is 1. The fourth-order valence-corrected chi connectivity index (χ4v) is 2.66. The molecule has 1 aromatic heterocycles. The molecule has 0 aliphatic carbocycles. The highest BCUT2D eigenvalue weighted by Gasteiger charge is 2.19. The van der Waals surface area contributed by atoms with Crippen molar-refractivity contribution in [2.75, 3.05) is 11.4 Å². The van der Waals surface area contributed by atoms with Gasteiger partial charge >= 0.3 is 5.97 Å². The summed E-state index contributed by atoms with van der Waals surface area (Å²) in [7, 11) is 0. The molecule has 0 saturated carbocycles. The second-order valence-corrected chi connectivity index (χ2v) is 5.63. The fourth-order valence-electron chi connectivity index (χ4n) is 1.85. The lowest BCUT2D eigenvalue weighted by molar-refractivity contribution is -0.136. The number of hydrogen-bond donors (Lipinski definition) is 1. The van der Waals surface area contributed by atoms with Gasteiger partial charge in [0.1, 0.15) is 0 Å². The van der Waals surface area contributed by atoms with Crippen LogP contribution < -0.4 is 4.90 Å². The molecule has 0 saturated heterocycles. The van der Waals surface area contributed by atoms with Crippen LogP contribution in [0.25, 0.3) is 0 Å². The average Bonchev–Trinajstić information content (AvgIpc) is 2.86. The average molecular weight is 289 g/mol. The number of carboxylic acids is 1. The molecule has 0 bridgehead atoms. The third-order valence-corrected chi connectivity index (χ3v) is 3.80. The molecule has 20 heavy (non-hydrogen) atoms. The molecule has 1 N–H and O–H groups in total. The quantitative estimate of drug-likeness (QED) is 0.919. The van der Waals surface area contributed by atoms with E-state index in [-0.39, 0.29) is 18.9 Å². The van der Waals surface area contributed by atoms with Gasteiger partial charge in [-0.25, -0.2) is 0 Å². The van der Waals surface area contributed by atoms with Gasteiger partial charge in [-0.2, -0.15) is 0 Å². The maximum atomic E-state index is 12.5. The standard InChI is InChI=1S/C15H15NO3S/c1-11-7-8-13(20-11)15(19)16(10-9-14(17)18)12-5-3-2-4-6-12/h2-8H,9-10H2,1H3,(H,17,18). The Balaban J connectivity index is 2.26. The number of benzene rings is 1. The molecule has 0 aliphatic rings. The predicted molar refractivity (Wildman–Crippen MR) is 79.4 cm³/mol. The van der Waals surface area contributed by atoms with E-state index in [1.807, 2.05) is 31.2 Å². The number of nitrogens with zero attached hydrogens (tertiary/aromatic N) is 1. The molecule has 0 unspecified atom stereocenters. The van der Waals surface area contributed by atoms with Crippen LogP contribution in [0.15, 0.2) is 42.5 Å². The van der Waals surface area contributed by atoms with Crippen LogP contribution in [0.5, 0.6) is 0 Å². The number of thiophene rings is 1. The van der Waals surface area contributed by atoms with Gasteiger partial charge in [0.05, 0.1) is 11.3 Å². The van der Waals surface area contributed by atoms with E-state index in [9.17, 15) is 9.59 Å². The minimum atomic E-state index is -0.916. The number of rotatable bonds is 5. The highest BCUT2D eigenvalue weighted by atomic mass is 32.1. The van der Waals surface area contributed by atoms with Crippen molar-refractivity contribution >= 4 is 28.9 Å². The number of hydrogen-bond acceptors (Lipinski definition) is 3. The van der Waals surface area contributed by atoms with Gasteiger partial charge in [0.25, 0.3) is 5.91 Å². The number of anilines is 1. The first-order chi connectivity index (χ1) is 9.58. The summed E-state index contributed by atoms with van der Waals surface area (Å²) in [5.74, 6) is -1.07. The van der Waals surface area contributed by atoms with Gasteiger partial charge in [-0.15, -0.1) is 11.3 Å². The molecule has 0 fully saturated rings. The van der Waals surface area contributed by atoms with Crippen LogP contribution in [0.1, 0.15) is 21.0 Å². The third-order valence-electron chi connectivity index (χ3n) is 2.81. The van der Waals surface area contributed by atoms with Gasteiger partial charge in [-0.05, 0) is 31.2 Å². The summed E-state index contributed by atoms with van der Waals surface area (Å²) in [6.45, 7) is 2.10. The number of para-hydroxylation sites is 1. The van der Waals surface area contributed by atoms with Gasteiger partial charge in [0.15, 0.2) is 0 Å². The van der Waals surface area contributed by atoms with E-state index in [2.05, 4.69) is 0 Å². The summed E-state index contributed by atoms with van der Waals surface area (Å²) in [5.41, 5.74) is 0.713. The monoisotopic (exact) mass is 289 g/mol. The van der Waals surface area contributed by atoms with Crippen LogP contribution in [-0.2, 0) is 4.79 Å². The molecule has 2 aromatic rings. The fraction of sp³-hybridized carbons (Fsp3) is 0.200. The molecule has 104 valence electrons. The van der Waals surface area contributed by atoms with E-state index in [0.29, 0.717) is 10.6 Å². The first-order valence-corrected chi connectivity index (χ1v) is 7.04. The zero-order valence-corrected chi connectivity index (χ0v) is 11.9. The highest BCUT2D eigenvalue weighted by molar-refractivity contribution is 7.14. The van der Waals surface area contributed by atoms with Crippen LogP contribution in [0, 0.1) is 6.92 Å². The van der Waals surface area contributed by atoms with Crippen molar-refractivity contribution < 1.29 is 14.7 Å². The Morgan fingerprint density at radius 2 is 1.85 bits per heavy atom. The van der Waals surface area contributed by atoms with Crippen molar-refractivity contribution in [2.24, 2.45) is 0 Å². The van der Waals surface area contributed by atoms with E-state index < -0.39 is 5.97 Å². The predicted octanol–water partition coefficient (Wildman–Crippen LogP) is 3.18. The summed E-state index contributed by atoms with van der Waals surface area (Å²) < 4.78 is 0. The Morgan fingerprint density at radius 3 is 2.40 bits per heavy atom. The van der Waals surface area contributed by atoms with Gasteiger partial charge < -0.3 is 10.0 Å². The molecule has 1 heterocycles. The van der Waals surface area contributed by atoms with E-state index >= 15 is 0 Å². The largest absolute Gasteiger partial charge is 0.481 e. The third kappa shape index (κ3) is 3.45. The van der Waals surface area contributed by atoms with Crippen molar-refractivity contribution in [1.29, 1.82) is 0 Å². The van der Waals surface area contributed by atoms with Crippen molar-refractivity contribution in [2.45, 2.75) is 13.3 Å². The summed E-state index contributed by atoms with van der Waals surface area (Å²) in [6.07, 6.45) is -0.0784. The summed E-state index contributed by atoms with van der Waals surface area (Å²) >= 11 is 1.41. The normalized spacial score (nSPS) is 10.2. The molecule has 1 amide bonds. The van der Waals surface area contributed by atoms with E-state index in [4.69, 9.17) is 5.11 Å². The second kappa shape index (κ2) is 6.34. The second-order valence-electron chi connectivity index (χ2n) is 4.35. The topological polar surface area (TPSA) is 57.6 Å². The number of carbonyl (C=O) groups is 2. The van der Waals surface area contributed by atoms with Crippen molar-refractivity contribution in [1.82, 2.24) is 0 Å². The zero-order chi connectivity index (χ0) is 14.5. The highest BCUT2D eigenvalue weighted by Crippen LogP contribution is 2.22. The summed E-state index contributed by atoms with van der Waals surface area (Å²) in [6, 6.07) is 12.8. The van der Waals surface area contributed by atoms with Gasteiger partial charge in [0.2, 0.25) is 0 Å². The van der Waals surface area contributed by atoms with Gasteiger partial charge in [-0.1, -0.05) is 18.2 Å². The lowest BCUT2D eigenvalue weighted by Crippen LogP contribution is -2.32. The van der Waals surface area contributed by atoms with Crippen LogP contribution in [0.2, 0.25) is 0 Å². The molecule has 0 atom stereocenters. The number of aliphatic carboxylic acids is 1. The van der Waals surface area contributed by atoms with E-state index in [0.717, 1.165) is 4.88 Å². The molecular weight excluding hydrogens is 274 g/mol. The van der Waals surface area contributed by atoms with Crippen molar-refractivity contribution in [3.8, 4) is 0 Å². The van der Waals surface area contributed by atoms with Crippen molar-refractivity contribution in [3.63, 3.8) is 0 Å². The number of amides is 1. The zero-order valence-electron chi connectivity index (χ0n) is 11.1. The molecular formula is C15H15NO3S. The minimum Gasteiger partial charge on any atom is -0.481 e. The molecule has 5 heteroatoms. The first-order valence-electron chi connectivity index (χ1n) is 6.23. The minimum absolute atomic E-state index is 0.0784. The van der Waals surface area contributed by atoms with Gasteiger partial charge in [-0.3, -0.25) is 9.59 Å². The Kier molecular flexibility index (Phi) is 4.53. The maximum Gasteiger partial charge on any atom is 0.305 e. The molecule has 0 aliphatic heterocycles. The number of carbonyl (C=O) groups excluding carboxylic acids is 1. The summed E-state index contributed by atoms with van der Waals surface area (Å²) in [4.78, 5) is 26.5. The number of aryl methyl sites for hydroxylation is 1. The molecule has 4 nitrogen and oxygen atoms in total. The van der Waals surface area contributed by atoms with Gasteiger partial charge in [0, 0.05) is 17.1 Å². The Labute approximate surface area is 121 Å². The SMILES string of the molecule is Cc1ccc(C(=O)N(CCC(=O)O)c2ccccc2)s1. The maximum absolute atomic E-state index is 12.5.